The van der Waals surface area contributed by atoms with Gasteiger partial charge in [-0.2, -0.15) is 10.1 Å². The number of nitrogens with zero attached hydrogens (tertiary/aromatic N) is 4. The van der Waals surface area contributed by atoms with Gasteiger partial charge in [0.25, 0.3) is 5.56 Å². The summed E-state index contributed by atoms with van der Waals surface area (Å²) in [4.78, 5) is 33.7. The van der Waals surface area contributed by atoms with Gasteiger partial charge in [0.1, 0.15) is 11.4 Å². The molecule has 1 aliphatic rings. The lowest BCUT2D eigenvalue weighted by atomic mass is 10.1. The van der Waals surface area contributed by atoms with Crippen molar-refractivity contribution in [3.8, 4) is 0 Å². The Morgan fingerprint density at radius 3 is 2.68 bits per heavy atom. The van der Waals surface area contributed by atoms with Crippen LogP contribution in [0, 0.1) is 0 Å². The maximum absolute atomic E-state index is 12.5. The Kier molecular flexibility index (Phi) is 4.51. The number of carbonyl (C=O) groups is 1. The van der Waals surface area contributed by atoms with Crippen molar-refractivity contribution in [3.63, 3.8) is 0 Å². The fourth-order valence-electron chi connectivity index (χ4n) is 2.80. The third kappa shape index (κ3) is 3.51. The second-order valence-corrected chi connectivity index (χ2v) is 7.18. The van der Waals surface area contributed by atoms with Gasteiger partial charge < -0.3 is 15.0 Å². The molecule has 0 aromatic carbocycles. The van der Waals surface area contributed by atoms with Crippen molar-refractivity contribution in [1.29, 1.82) is 0 Å². The van der Waals surface area contributed by atoms with E-state index >= 15 is 0 Å². The number of nitrogens with one attached hydrogen (secondary N) is 2. The number of aromatic nitrogens is 4. The minimum atomic E-state index is -0.510. The van der Waals surface area contributed by atoms with E-state index in [1.165, 1.54) is 6.20 Å². The van der Waals surface area contributed by atoms with Gasteiger partial charge in [-0.15, -0.1) is 0 Å². The van der Waals surface area contributed by atoms with Crippen LogP contribution in [0.2, 0.25) is 0 Å². The molecule has 1 amide bonds. The molecule has 0 aliphatic carbocycles. The van der Waals surface area contributed by atoms with Gasteiger partial charge in [-0.05, 0) is 27.7 Å². The van der Waals surface area contributed by atoms with Crippen LogP contribution in [0.4, 0.5) is 5.95 Å². The third-order valence-electron chi connectivity index (χ3n) is 4.12. The molecule has 2 aromatic heterocycles. The number of morpholine rings is 1. The standard InChI is InChI=1S/C16H24N6O3/c1-10(14(24)21-5-7-25-8-6-21)18-15-19-12-11(13(23)20-15)9-17-22(12)16(2,3)4/h9-10H,5-8H2,1-4H3,(H2,18,19,20,23). The van der Waals surface area contributed by atoms with Gasteiger partial charge in [0.2, 0.25) is 11.9 Å². The number of hydrogen-bond acceptors (Lipinski definition) is 6. The highest BCUT2D eigenvalue weighted by Crippen LogP contribution is 2.19. The minimum absolute atomic E-state index is 0.0459. The highest BCUT2D eigenvalue weighted by Gasteiger charge is 2.24. The van der Waals surface area contributed by atoms with Crippen molar-refractivity contribution in [2.45, 2.75) is 39.3 Å². The van der Waals surface area contributed by atoms with Gasteiger partial charge in [-0.1, -0.05) is 0 Å². The molecule has 0 saturated carbocycles. The number of rotatable bonds is 3. The third-order valence-corrected chi connectivity index (χ3v) is 4.12. The summed E-state index contributed by atoms with van der Waals surface area (Å²) in [7, 11) is 0. The number of H-pyrrole nitrogens is 1. The molecule has 3 rings (SSSR count). The average molecular weight is 348 g/mol. The lowest BCUT2D eigenvalue weighted by Gasteiger charge is -2.29. The number of anilines is 1. The summed E-state index contributed by atoms with van der Waals surface area (Å²) in [5, 5.41) is 7.70. The van der Waals surface area contributed by atoms with Crippen molar-refractivity contribution < 1.29 is 9.53 Å². The van der Waals surface area contributed by atoms with Crippen LogP contribution in [0.3, 0.4) is 0 Å². The van der Waals surface area contributed by atoms with E-state index in [2.05, 4.69) is 20.4 Å². The Labute approximate surface area is 145 Å². The second kappa shape index (κ2) is 6.47. The predicted molar refractivity (Wildman–Crippen MR) is 93.6 cm³/mol. The number of fused-ring (bicyclic) bond motifs is 1. The molecule has 9 nitrogen and oxygen atoms in total. The van der Waals surface area contributed by atoms with Gasteiger partial charge in [0.15, 0.2) is 5.65 Å². The summed E-state index contributed by atoms with van der Waals surface area (Å²) in [6, 6.07) is -0.510. The summed E-state index contributed by atoms with van der Waals surface area (Å²) in [5.74, 6) is 0.216. The quantitative estimate of drug-likeness (QED) is 0.838. The van der Waals surface area contributed by atoms with Gasteiger partial charge in [0.05, 0.1) is 24.9 Å². The molecule has 1 fully saturated rings. The summed E-state index contributed by atoms with van der Waals surface area (Å²) in [5.41, 5.74) is -0.103. The van der Waals surface area contributed by atoms with Crippen LogP contribution >= 0.6 is 0 Å². The van der Waals surface area contributed by atoms with Gasteiger partial charge >= 0.3 is 0 Å². The van der Waals surface area contributed by atoms with Gasteiger partial charge in [-0.3, -0.25) is 14.6 Å². The molecule has 136 valence electrons. The number of carbonyl (C=O) groups excluding carboxylic acids is 1. The van der Waals surface area contributed by atoms with Crippen LogP contribution in [-0.4, -0.2) is 62.9 Å². The zero-order valence-corrected chi connectivity index (χ0v) is 15.0. The monoisotopic (exact) mass is 348 g/mol. The van der Waals surface area contributed by atoms with Gasteiger partial charge in [-0.25, -0.2) is 4.68 Å². The molecule has 25 heavy (non-hydrogen) atoms. The van der Waals surface area contributed by atoms with Crippen molar-refractivity contribution in [2.75, 3.05) is 31.6 Å². The van der Waals surface area contributed by atoms with Crippen LogP contribution in [-0.2, 0) is 15.1 Å². The molecule has 1 unspecified atom stereocenters. The van der Waals surface area contributed by atoms with Gasteiger partial charge in [0, 0.05) is 13.1 Å². The summed E-state index contributed by atoms with van der Waals surface area (Å²) in [6.07, 6.45) is 1.51. The molecule has 9 heteroatoms. The van der Waals surface area contributed by atoms with E-state index in [0.717, 1.165) is 0 Å². The highest BCUT2D eigenvalue weighted by molar-refractivity contribution is 5.84. The van der Waals surface area contributed by atoms with Crippen LogP contribution in [0.1, 0.15) is 27.7 Å². The van der Waals surface area contributed by atoms with E-state index in [1.807, 2.05) is 20.8 Å². The minimum Gasteiger partial charge on any atom is -0.378 e. The topological polar surface area (TPSA) is 105 Å². The van der Waals surface area contributed by atoms with Crippen LogP contribution in [0.5, 0.6) is 0 Å². The van der Waals surface area contributed by atoms with Crippen molar-refractivity contribution in [2.24, 2.45) is 0 Å². The fraction of sp³-hybridized carbons (Fsp3) is 0.625. The summed E-state index contributed by atoms with van der Waals surface area (Å²) < 4.78 is 6.97. The van der Waals surface area contributed by atoms with Crippen molar-refractivity contribution >= 4 is 22.9 Å². The Hall–Kier alpha value is -2.42. The largest absolute Gasteiger partial charge is 0.378 e. The SMILES string of the molecule is CC(Nc1nc2c(cnn2C(C)(C)C)c(=O)[nH]1)C(=O)N1CCOCC1. The summed E-state index contributed by atoms with van der Waals surface area (Å²) >= 11 is 0. The number of hydrogen-bond donors (Lipinski definition) is 2. The zero-order valence-electron chi connectivity index (χ0n) is 15.0. The first kappa shape index (κ1) is 17.4. The Morgan fingerprint density at radius 2 is 2.04 bits per heavy atom. The first-order valence-corrected chi connectivity index (χ1v) is 8.39. The molecule has 1 atom stereocenters. The predicted octanol–water partition coefficient (Wildman–Crippen LogP) is 0.534. The van der Waals surface area contributed by atoms with E-state index in [4.69, 9.17) is 4.74 Å². The number of aromatic amines is 1. The Morgan fingerprint density at radius 1 is 1.36 bits per heavy atom. The Balaban J connectivity index is 1.86. The van der Waals surface area contributed by atoms with Crippen molar-refractivity contribution in [3.05, 3.63) is 16.6 Å². The van der Waals surface area contributed by atoms with Crippen LogP contribution in [0.15, 0.2) is 11.0 Å². The van der Waals surface area contributed by atoms with E-state index < -0.39 is 6.04 Å². The average Bonchev–Trinajstić information content (AvgIpc) is 2.99. The molecule has 1 aliphatic heterocycles. The van der Waals surface area contributed by atoms with Crippen LogP contribution < -0.4 is 10.9 Å². The first-order chi connectivity index (χ1) is 11.8. The van der Waals surface area contributed by atoms with E-state index in [1.54, 1.807) is 16.5 Å². The molecule has 1 saturated heterocycles. The molecular weight excluding hydrogens is 324 g/mol. The normalized spacial score (nSPS) is 16.9. The molecule has 3 heterocycles. The number of amides is 1. The fourth-order valence-corrected chi connectivity index (χ4v) is 2.80. The second-order valence-electron chi connectivity index (χ2n) is 7.18. The Bertz CT molecular complexity index is 828. The molecule has 2 aromatic rings. The van der Waals surface area contributed by atoms with Crippen molar-refractivity contribution in [1.82, 2.24) is 24.6 Å². The van der Waals surface area contributed by atoms with E-state index in [0.29, 0.717) is 37.3 Å². The lowest BCUT2D eigenvalue weighted by molar-refractivity contribution is -0.135. The highest BCUT2D eigenvalue weighted by atomic mass is 16.5. The zero-order chi connectivity index (χ0) is 18.2. The molecule has 0 bridgehead atoms. The van der Waals surface area contributed by atoms with Crippen LogP contribution in [0.25, 0.3) is 11.0 Å². The maximum atomic E-state index is 12.5. The molecule has 2 N–H and O–H groups in total. The van der Waals surface area contributed by atoms with E-state index in [-0.39, 0.29) is 23.0 Å². The first-order valence-electron chi connectivity index (χ1n) is 8.39. The molecule has 0 radical (unpaired) electrons. The molecule has 0 spiro atoms. The maximum Gasteiger partial charge on any atom is 0.263 e. The summed E-state index contributed by atoms with van der Waals surface area (Å²) in [6.45, 7) is 9.95. The van der Waals surface area contributed by atoms with E-state index in [9.17, 15) is 9.59 Å². The molecular formula is C16H24N6O3. The smallest absolute Gasteiger partial charge is 0.263 e. The number of ether oxygens (including phenoxy) is 1. The lowest BCUT2D eigenvalue weighted by Crippen LogP contribution is -2.47.